The summed E-state index contributed by atoms with van der Waals surface area (Å²) in [5.41, 5.74) is 9.60. The number of terminal acetylenes is 2. The van der Waals surface area contributed by atoms with Gasteiger partial charge in [-0.05, 0) is 36.5 Å². The number of unbranched alkanes of at least 4 members (excludes halogenated alkanes) is 2. The van der Waals surface area contributed by atoms with Crippen LogP contribution in [0, 0.1) is 30.1 Å². The van der Waals surface area contributed by atoms with Gasteiger partial charge in [0, 0.05) is 26.2 Å². The summed E-state index contributed by atoms with van der Waals surface area (Å²) < 4.78 is 11.9. The first-order valence-electron chi connectivity index (χ1n) is 7.88. The fraction of sp³-hybridized carbons (Fsp3) is 0.588. The molecule has 0 saturated carbocycles. The third kappa shape index (κ3) is 13.8. The zero-order valence-electron chi connectivity index (χ0n) is 15.2. The molecule has 0 rings (SSSR count). The lowest BCUT2D eigenvalue weighted by Gasteiger charge is -2.15. The zero-order valence-corrected chi connectivity index (χ0v) is 16.1. The molecule has 7 heteroatoms. The Kier molecular flexibility index (Phi) is 13.8. The molecule has 0 atom stereocenters. The Hall–Kier alpha value is -1.88. The number of carbonyl (C=O) groups is 1. The van der Waals surface area contributed by atoms with Crippen molar-refractivity contribution in [1.29, 1.82) is 0 Å². The molecule has 0 heterocycles. The fourth-order valence-electron chi connectivity index (χ4n) is 1.36. The fourth-order valence-corrected chi connectivity index (χ4v) is 2.05. The van der Waals surface area contributed by atoms with E-state index in [-0.39, 0.29) is 11.3 Å². The van der Waals surface area contributed by atoms with E-state index in [1.807, 2.05) is 11.3 Å². The molecule has 0 saturated heterocycles. The molecule has 0 aliphatic heterocycles. The summed E-state index contributed by atoms with van der Waals surface area (Å²) in [6, 6.07) is 0. The van der Waals surface area contributed by atoms with Crippen molar-refractivity contribution in [1.82, 2.24) is 10.3 Å². The number of carbonyl (C=O) groups excluding carboxylic acids is 1. The van der Waals surface area contributed by atoms with Gasteiger partial charge in [-0.25, -0.2) is 5.84 Å². The maximum Gasteiger partial charge on any atom is 0.266 e. The van der Waals surface area contributed by atoms with Gasteiger partial charge in [-0.15, -0.1) is 12.8 Å². The zero-order chi connectivity index (χ0) is 19.2. The van der Waals surface area contributed by atoms with Crippen molar-refractivity contribution in [2.75, 3.05) is 13.1 Å². The molecular weight excluding hydrogens is 323 g/mol. The molecule has 136 valence electrons. The minimum absolute atomic E-state index is 0.0412. The smallest absolute Gasteiger partial charge is 0.266 e. The van der Waals surface area contributed by atoms with E-state index in [9.17, 15) is 9.36 Å². The van der Waals surface area contributed by atoms with E-state index in [4.69, 9.17) is 24.4 Å². The second-order valence-corrected chi connectivity index (χ2v) is 8.19. The Bertz CT molecular complexity index is 509. The first kappa shape index (κ1) is 24.4. The molecule has 6 nitrogen and oxygen atoms in total. The first-order valence-corrected chi connectivity index (χ1v) is 9.59. The van der Waals surface area contributed by atoms with Crippen molar-refractivity contribution in [3.63, 3.8) is 0 Å². The van der Waals surface area contributed by atoms with Crippen molar-refractivity contribution < 1.29 is 9.36 Å². The molecule has 0 unspecified atom stereocenters. The van der Waals surface area contributed by atoms with E-state index in [1.165, 1.54) is 18.1 Å². The van der Waals surface area contributed by atoms with Crippen LogP contribution in [-0.2, 0) is 9.36 Å². The van der Waals surface area contributed by atoms with Crippen LogP contribution in [0.1, 0.15) is 47.0 Å². The van der Waals surface area contributed by atoms with E-state index >= 15 is 0 Å². The molecule has 0 fully saturated rings. The van der Waals surface area contributed by atoms with Crippen LogP contribution in [0.5, 0.6) is 0 Å². The van der Waals surface area contributed by atoms with E-state index < -0.39 is 7.14 Å². The highest BCUT2D eigenvalue weighted by Gasteiger charge is 2.19. The van der Waals surface area contributed by atoms with Crippen LogP contribution in [0.15, 0.2) is 11.6 Å². The van der Waals surface area contributed by atoms with Crippen LogP contribution < -0.4 is 16.9 Å². The maximum atomic E-state index is 11.9. The van der Waals surface area contributed by atoms with E-state index in [1.54, 1.807) is 0 Å². The van der Waals surface area contributed by atoms with Crippen LogP contribution in [0.4, 0.5) is 0 Å². The molecule has 5 N–H and O–H groups in total. The molecule has 0 spiro atoms. The summed E-state index contributed by atoms with van der Waals surface area (Å²) in [6.07, 6.45) is 14.1. The van der Waals surface area contributed by atoms with Gasteiger partial charge in [0.05, 0.1) is 0 Å². The average molecular weight is 354 g/mol. The lowest BCUT2D eigenvalue weighted by atomic mass is 10.2. The SMILES string of the molecule is C#CP(=O)(C#C)/C(N)=C/N(N)CCCCCNC(C)=O.CC(C)C. The molecular formula is C17H31N4O2P. The number of nitrogens with zero attached hydrogens (tertiary/aromatic N) is 1. The van der Waals surface area contributed by atoms with Crippen LogP contribution in [0.2, 0.25) is 0 Å². The Morgan fingerprint density at radius 2 is 1.75 bits per heavy atom. The minimum atomic E-state index is -3.36. The number of amides is 1. The monoisotopic (exact) mass is 354 g/mol. The van der Waals surface area contributed by atoms with Crippen molar-refractivity contribution >= 4 is 13.0 Å². The molecule has 1 amide bonds. The van der Waals surface area contributed by atoms with E-state index in [0.717, 1.165) is 25.2 Å². The van der Waals surface area contributed by atoms with Crippen LogP contribution in [0.25, 0.3) is 0 Å². The van der Waals surface area contributed by atoms with Gasteiger partial charge in [0.2, 0.25) is 5.91 Å². The van der Waals surface area contributed by atoms with Crippen molar-refractivity contribution in [3.05, 3.63) is 11.6 Å². The number of hydrogen-bond donors (Lipinski definition) is 3. The molecule has 0 aliphatic carbocycles. The second kappa shape index (κ2) is 13.5. The molecule has 0 aliphatic rings. The van der Waals surface area contributed by atoms with Gasteiger partial charge in [0.25, 0.3) is 7.14 Å². The predicted octanol–water partition coefficient (Wildman–Crippen LogP) is 2.43. The molecule has 24 heavy (non-hydrogen) atoms. The highest BCUT2D eigenvalue weighted by molar-refractivity contribution is 7.77. The second-order valence-electron chi connectivity index (χ2n) is 5.93. The molecule has 0 radical (unpaired) electrons. The van der Waals surface area contributed by atoms with E-state index in [2.05, 4.69) is 26.1 Å². The predicted molar refractivity (Wildman–Crippen MR) is 101 cm³/mol. The summed E-state index contributed by atoms with van der Waals surface area (Å²) in [7, 11) is -3.36. The van der Waals surface area contributed by atoms with Gasteiger partial charge in [-0.2, -0.15) is 0 Å². The van der Waals surface area contributed by atoms with Crippen LogP contribution in [0.3, 0.4) is 0 Å². The number of hydrogen-bond acceptors (Lipinski definition) is 5. The van der Waals surface area contributed by atoms with Crippen molar-refractivity contribution in [2.24, 2.45) is 17.5 Å². The lowest BCUT2D eigenvalue weighted by molar-refractivity contribution is -0.118. The van der Waals surface area contributed by atoms with Gasteiger partial charge in [-0.3, -0.25) is 9.36 Å². The average Bonchev–Trinajstić information content (AvgIpc) is 2.48. The first-order chi connectivity index (χ1) is 11.1. The highest BCUT2D eigenvalue weighted by atomic mass is 31.2. The third-order valence-corrected chi connectivity index (χ3v) is 4.06. The van der Waals surface area contributed by atoms with Gasteiger partial charge < -0.3 is 16.1 Å². The van der Waals surface area contributed by atoms with Gasteiger partial charge in [-0.1, -0.05) is 20.8 Å². The Labute approximate surface area is 146 Å². The Balaban J connectivity index is 0. The normalized spacial score (nSPS) is 10.9. The van der Waals surface area contributed by atoms with Gasteiger partial charge >= 0.3 is 0 Å². The van der Waals surface area contributed by atoms with Gasteiger partial charge in [0.15, 0.2) is 0 Å². The van der Waals surface area contributed by atoms with Gasteiger partial charge in [0.1, 0.15) is 5.44 Å². The topological polar surface area (TPSA) is 101 Å². The van der Waals surface area contributed by atoms with Crippen molar-refractivity contribution in [2.45, 2.75) is 47.0 Å². The third-order valence-electron chi connectivity index (χ3n) is 2.49. The lowest BCUT2D eigenvalue weighted by Crippen LogP contribution is -2.27. The summed E-state index contributed by atoms with van der Waals surface area (Å²) in [5, 5.41) is 4.02. The molecule has 0 aromatic heterocycles. The largest absolute Gasteiger partial charge is 0.393 e. The number of hydrazine groups is 1. The highest BCUT2D eigenvalue weighted by Crippen LogP contribution is 2.48. The summed E-state index contributed by atoms with van der Waals surface area (Å²) in [5.74, 6) is 6.48. The standard InChI is InChI=1S/C13H21N4O2P.C4H10/c1-4-20(19,5-2)13(14)11-17(15)10-8-6-7-9-16-12(3)18;1-4(2)3/h1-2,11H,6-10,14-15H2,3H3,(H,16,18);4H,1-3H3/b13-11+;. The molecule has 0 aromatic carbocycles. The number of rotatable bonds is 8. The quantitative estimate of drug-likeness (QED) is 0.204. The Morgan fingerprint density at radius 3 is 2.17 bits per heavy atom. The molecule has 0 aromatic rings. The van der Waals surface area contributed by atoms with Crippen molar-refractivity contribution in [3.8, 4) is 24.2 Å². The Morgan fingerprint density at radius 1 is 1.25 bits per heavy atom. The summed E-state index contributed by atoms with van der Waals surface area (Å²) >= 11 is 0. The summed E-state index contributed by atoms with van der Waals surface area (Å²) in [6.45, 7) is 9.14. The van der Waals surface area contributed by atoms with Crippen LogP contribution in [-0.4, -0.2) is 24.0 Å². The summed E-state index contributed by atoms with van der Waals surface area (Å²) in [4.78, 5) is 10.6. The number of nitrogens with two attached hydrogens (primary N) is 2. The van der Waals surface area contributed by atoms with Crippen LogP contribution >= 0.6 is 7.14 Å². The maximum absolute atomic E-state index is 11.9. The van der Waals surface area contributed by atoms with E-state index in [0.29, 0.717) is 13.1 Å². The number of nitrogens with one attached hydrogen (secondary N) is 1. The minimum Gasteiger partial charge on any atom is -0.393 e. The molecule has 0 bridgehead atoms.